The first kappa shape index (κ1) is 42.2. The molecule has 44 heavy (non-hydrogen) atoms. The lowest BCUT2D eigenvalue weighted by molar-refractivity contribution is 0.0759. The third-order valence-corrected chi connectivity index (χ3v) is 8.55. The van der Waals surface area contributed by atoms with Gasteiger partial charge in [-0.2, -0.15) is 0 Å². The van der Waals surface area contributed by atoms with E-state index in [9.17, 15) is 15.0 Å². The maximum atomic E-state index is 11.5. The van der Waals surface area contributed by atoms with Gasteiger partial charge < -0.3 is 10.2 Å². The second-order valence-corrected chi connectivity index (χ2v) is 12.8. The van der Waals surface area contributed by atoms with Crippen LogP contribution in [-0.2, 0) is 0 Å². The fourth-order valence-corrected chi connectivity index (χ4v) is 5.68. The second-order valence-electron chi connectivity index (χ2n) is 12.8. The van der Waals surface area contributed by atoms with Gasteiger partial charge in [-0.15, -0.1) is 0 Å². The van der Waals surface area contributed by atoms with Gasteiger partial charge in [-0.05, 0) is 83.0 Å². The van der Waals surface area contributed by atoms with E-state index < -0.39 is 12.8 Å². The van der Waals surface area contributed by atoms with Crippen molar-refractivity contribution in [2.24, 2.45) is 5.92 Å². The van der Waals surface area contributed by atoms with Gasteiger partial charge in [0.05, 0.1) is 0 Å². The Labute approximate surface area is 274 Å². The number of aliphatic hydroxyl groups excluding tert-OH is 1. The number of nitrogens with zero attached hydrogens (tertiary/aromatic N) is 1. The van der Waals surface area contributed by atoms with Gasteiger partial charge in [-0.3, -0.25) is 4.90 Å². The second kappa shape index (κ2) is 35.7. The topological polar surface area (TPSA) is 60.8 Å². The summed E-state index contributed by atoms with van der Waals surface area (Å²) in [7, 11) is 0. The van der Waals surface area contributed by atoms with E-state index in [0.717, 1.165) is 38.5 Å². The number of rotatable bonds is 33. The summed E-state index contributed by atoms with van der Waals surface area (Å²) in [6, 6.07) is 0. The number of amides is 1. The molecule has 4 nitrogen and oxygen atoms in total. The number of aliphatic hydroxyl groups is 1. The van der Waals surface area contributed by atoms with Crippen LogP contribution < -0.4 is 0 Å². The van der Waals surface area contributed by atoms with Crippen molar-refractivity contribution in [3.05, 3.63) is 48.6 Å². The van der Waals surface area contributed by atoms with Gasteiger partial charge in [-0.25, -0.2) is 4.79 Å². The van der Waals surface area contributed by atoms with Gasteiger partial charge >= 0.3 is 6.09 Å². The molecule has 0 aromatic heterocycles. The summed E-state index contributed by atoms with van der Waals surface area (Å²) in [6.07, 6.45) is 49.5. The van der Waals surface area contributed by atoms with Crippen LogP contribution in [0, 0.1) is 5.92 Å². The van der Waals surface area contributed by atoms with Crippen molar-refractivity contribution in [1.29, 1.82) is 0 Å². The number of allylic oxidation sites excluding steroid dienone is 8. The Morgan fingerprint density at radius 1 is 0.523 bits per heavy atom. The molecule has 0 rings (SSSR count). The molecule has 0 spiro atoms. The highest BCUT2D eigenvalue weighted by atomic mass is 16.4. The van der Waals surface area contributed by atoms with Gasteiger partial charge in [0.15, 0.2) is 0 Å². The molecule has 1 amide bonds. The molecule has 4 heteroatoms. The summed E-state index contributed by atoms with van der Waals surface area (Å²) in [5.41, 5.74) is 0. The molecule has 0 aliphatic carbocycles. The molecule has 256 valence electrons. The van der Waals surface area contributed by atoms with Gasteiger partial charge in [0.25, 0.3) is 0 Å². The molecule has 0 saturated carbocycles. The Bertz CT molecular complexity index is 663. The van der Waals surface area contributed by atoms with E-state index in [1.54, 1.807) is 0 Å². The van der Waals surface area contributed by atoms with Gasteiger partial charge in [0, 0.05) is 6.54 Å². The van der Waals surface area contributed by atoms with E-state index in [4.69, 9.17) is 0 Å². The lowest BCUT2D eigenvalue weighted by Gasteiger charge is -2.24. The Hall–Kier alpha value is -1.81. The molecule has 0 radical (unpaired) electrons. The summed E-state index contributed by atoms with van der Waals surface area (Å²) in [4.78, 5) is 12.6. The van der Waals surface area contributed by atoms with Crippen LogP contribution in [0.5, 0.6) is 0 Å². The van der Waals surface area contributed by atoms with E-state index in [0.29, 0.717) is 12.5 Å². The molecule has 0 aliphatic rings. The molecule has 2 N–H and O–H groups in total. The Morgan fingerprint density at radius 2 is 0.864 bits per heavy atom. The zero-order chi connectivity index (χ0) is 32.2. The summed E-state index contributed by atoms with van der Waals surface area (Å²) >= 11 is 0. The number of hydrogen-bond donors (Lipinski definition) is 2. The Balaban J connectivity index is 3.92. The molecule has 0 heterocycles. The van der Waals surface area contributed by atoms with E-state index in [2.05, 4.69) is 62.5 Å². The highest BCUT2D eigenvalue weighted by molar-refractivity contribution is 5.64. The van der Waals surface area contributed by atoms with Crippen LogP contribution in [0.2, 0.25) is 0 Å². The minimum Gasteiger partial charge on any atom is -0.465 e. The SMILES string of the molecule is CCCCC/C=C\C/C=C\CCCCCCCCC(CCCCCCCC/C=C\C/C=C\CCCCC)CN(CO)C(=O)O. The first-order valence-corrected chi connectivity index (χ1v) is 18.8. The minimum atomic E-state index is -1.01. The first-order valence-electron chi connectivity index (χ1n) is 18.8. The predicted molar refractivity (Wildman–Crippen MR) is 193 cm³/mol. The monoisotopic (exact) mass is 616 g/mol. The van der Waals surface area contributed by atoms with Crippen LogP contribution in [0.25, 0.3) is 0 Å². The number of hydrogen-bond acceptors (Lipinski definition) is 2. The molecule has 0 atom stereocenters. The lowest BCUT2D eigenvalue weighted by atomic mass is 9.93. The van der Waals surface area contributed by atoms with Crippen LogP contribution in [0.3, 0.4) is 0 Å². The smallest absolute Gasteiger partial charge is 0.409 e. The average molecular weight is 616 g/mol. The highest BCUT2D eigenvalue weighted by Crippen LogP contribution is 2.21. The van der Waals surface area contributed by atoms with Crippen molar-refractivity contribution in [3.63, 3.8) is 0 Å². The summed E-state index contributed by atoms with van der Waals surface area (Å²) in [6.45, 7) is 4.56. The molecular weight excluding hydrogens is 542 g/mol. The maximum absolute atomic E-state index is 11.5. The zero-order valence-electron chi connectivity index (χ0n) is 29.2. The molecule has 0 bridgehead atoms. The van der Waals surface area contributed by atoms with Crippen LogP contribution in [0.15, 0.2) is 48.6 Å². The third-order valence-electron chi connectivity index (χ3n) is 8.55. The average Bonchev–Trinajstić information content (AvgIpc) is 3.02. The van der Waals surface area contributed by atoms with E-state index in [-0.39, 0.29) is 0 Å². The molecule has 0 aliphatic heterocycles. The highest BCUT2D eigenvalue weighted by Gasteiger charge is 2.17. The van der Waals surface area contributed by atoms with E-state index >= 15 is 0 Å². The minimum absolute atomic E-state index is 0.356. The Morgan fingerprint density at radius 3 is 1.20 bits per heavy atom. The fraction of sp³-hybridized carbons (Fsp3) is 0.775. The van der Waals surface area contributed by atoms with Crippen LogP contribution >= 0.6 is 0 Å². The van der Waals surface area contributed by atoms with Gasteiger partial charge in [0.2, 0.25) is 0 Å². The summed E-state index contributed by atoms with van der Waals surface area (Å²) in [5.74, 6) is 0.356. The summed E-state index contributed by atoms with van der Waals surface area (Å²) < 4.78 is 0. The zero-order valence-corrected chi connectivity index (χ0v) is 29.2. The van der Waals surface area contributed by atoms with Crippen LogP contribution in [0.1, 0.15) is 181 Å². The summed E-state index contributed by atoms with van der Waals surface area (Å²) in [5, 5.41) is 18.9. The first-order chi connectivity index (χ1) is 21.7. The van der Waals surface area contributed by atoms with Crippen molar-refractivity contribution in [1.82, 2.24) is 4.90 Å². The van der Waals surface area contributed by atoms with Crippen molar-refractivity contribution in [2.45, 2.75) is 181 Å². The molecule has 0 unspecified atom stereocenters. The third kappa shape index (κ3) is 31.6. The molecule has 0 saturated heterocycles. The van der Waals surface area contributed by atoms with Gasteiger partial charge in [0.1, 0.15) is 6.73 Å². The fourth-order valence-electron chi connectivity index (χ4n) is 5.68. The number of unbranched alkanes of at least 4 members (excludes halogenated alkanes) is 18. The molecular formula is C40H73NO3. The molecule has 0 aromatic rings. The van der Waals surface area contributed by atoms with Crippen molar-refractivity contribution in [3.8, 4) is 0 Å². The molecule has 0 aromatic carbocycles. The Kier molecular flexibility index (Phi) is 34.2. The number of carbonyl (C=O) groups is 1. The van der Waals surface area contributed by atoms with E-state index in [1.807, 2.05) is 0 Å². The van der Waals surface area contributed by atoms with Crippen molar-refractivity contribution < 1.29 is 15.0 Å². The van der Waals surface area contributed by atoms with Crippen molar-refractivity contribution >= 4 is 6.09 Å². The van der Waals surface area contributed by atoms with E-state index in [1.165, 1.54) is 133 Å². The normalized spacial score (nSPS) is 12.3. The standard InChI is InChI=1S/C40H73NO3/c1-3-5-7-9-11-13-15-17-19-21-23-25-27-29-31-33-35-39(37-41(38-42)40(43)44)36-34-32-30-28-26-24-22-20-18-16-14-12-10-8-6-4-2/h11-14,17-20,39,42H,3-10,15-16,21-38H2,1-2H3,(H,43,44)/b13-11-,14-12-,19-17-,20-18-. The molecule has 0 fully saturated rings. The lowest BCUT2D eigenvalue weighted by Crippen LogP contribution is -2.35. The van der Waals surface area contributed by atoms with Crippen LogP contribution in [-0.4, -0.2) is 34.5 Å². The van der Waals surface area contributed by atoms with Gasteiger partial charge in [-0.1, -0.05) is 152 Å². The quantitative estimate of drug-likeness (QED) is 0.0438. The van der Waals surface area contributed by atoms with Crippen molar-refractivity contribution in [2.75, 3.05) is 13.3 Å². The number of carboxylic acid groups (broad SMARTS) is 1. The largest absolute Gasteiger partial charge is 0.465 e. The maximum Gasteiger partial charge on any atom is 0.409 e. The van der Waals surface area contributed by atoms with Crippen LogP contribution in [0.4, 0.5) is 4.79 Å². The predicted octanol–water partition coefficient (Wildman–Crippen LogP) is 12.9.